The molecule has 0 saturated carbocycles. The average molecular weight is 359 g/mol. The van der Waals surface area contributed by atoms with E-state index in [0.717, 1.165) is 37.2 Å². The summed E-state index contributed by atoms with van der Waals surface area (Å²) >= 11 is 0. The van der Waals surface area contributed by atoms with Crippen molar-refractivity contribution in [3.8, 4) is 0 Å². The Bertz CT molecular complexity index is 706. The van der Waals surface area contributed by atoms with Crippen molar-refractivity contribution in [1.82, 2.24) is 10.6 Å². The first-order valence-corrected chi connectivity index (χ1v) is 8.95. The maximum Gasteiger partial charge on any atom is 0.337 e. The molecule has 1 unspecified atom stereocenters. The normalized spacial score (nSPS) is 21.3. The minimum Gasteiger partial charge on any atom is -0.466 e. The number of nitrogens with zero attached hydrogens (tertiary/aromatic N) is 1. The van der Waals surface area contributed by atoms with Crippen LogP contribution in [-0.4, -0.2) is 43.4 Å². The topological polar surface area (TPSA) is 90.9 Å². The molecule has 2 aliphatic heterocycles. The quantitative estimate of drug-likeness (QED) is 0.714. The predicted octanol–water partition coefficient (Wildman–Crippen LogP) is 1.84. The summed E-state index contributed by atoms with van der Waals surface area (Å²) < 4.78 is 4.92. The number of ether oxygens (including phenoxy) is 1. The molecule has 1 atom stereocenters. The van der Waals surface area contributed by atoms with Gasteiger partial charge in [0.15, 0.2) is 0 Å². The maximum absolute atomic E-state index is 12.3. The van der Waals surface area contributed by atoms with E-state index in [2.05, 4.69) is 15.5 Å². The number of rotatable bonds is 4. The van der Waals surface area contributed by atoms with E-state index < -0.39 is 12.0 Å². The lowest BCUT2D eigenvalue weighted by Gasteiger charge is -2.32. The molecule has 1 aromatic carbocycles. The summed E-state index contributed by atoms with van der Waals surface area (Å²) in [5.74, 6) is -0.451. The Morgan fingerprint density at radius 2 is 1.92 bits per heavy atom. The first-order chi connectivity index (χ1) is 12.5. The van der Waals surface area contributed by atoms with E-state index in [1.54, 1.807) is 0 Å². The number of piperidine rings is 1. The van der Waals surface area contributed by atoms with E-state index in [9.17, 15) is 14.7 Å². The van der Waals surface area contributed by atoms with Crippen LogP contribution in [0.25, 0.3) is 0 Å². The Kier molecular flexibility index (Phi) is 5.46. The number of anilines is 1. The zero-order valence-corrected chi connectivity index (χ0v) is 15.1. The second-order valence-electron chi connectivity index (χ2n) is 6.58. The van der Waals surface area contributed by atoms with Gasteiger partial charge in [-0.05, 0) is 37.0 Å². The highest BCUT2D eigenvalue weighted by Crippen LogP contribution is 2.30. The van der Waals surface area contributed by atoms with Crippen LogP contribution in [0.1, 0.15) is 37.8 Å². The molecule has 140 valence electrons. The van der Waals surface area contributed by atoms with Gasteiger partial charge in [0.2, 0.25) is 0 Å². The van der Waals surface area contributed by atoms with Crippen molar-refractivity contribution in [3.05, 3.63) is 41.1 Å². The number of hydrogen-bond acceptors (Lipinski definition) is 5. The highest BCUT2D eigenvalue weighted by molar-refractivity contribution is 5.95. The van der Waals surface area contributed by atoms with E-state index in [0.29, 0.717) is 17.7 Å². The second kappa shape index (κ2) is 7.78. The first kappa shape index (κ1) is 18.3. The molecule has 1 fully saturated rings. The van der Waals surface area contributed by atoms with Crippen molar-refractivity contribution in [1.29, 1.82) is 0 Å². The van der Waals surface area contributed by atoms with Crippen LogP contribution in [-0.2, 0) is 9.53 Å². The molecule has 2 heterocycles. The number of amides is 2. The number of carbonyl (C=O) groups is 2. The Hall–Kier alpha value is -2.54. The van der Waals surface area contributed by atoms with Gasteiger partial charge in [0, 0.05) is 24.5 Å². The Morgan fingerprint density at radius 3 is 2.50 bits per heavy atom. The molecule has 0 radical (unpaired) electrons. The molecule has 1 saturated heterocycles. The fourth-order valence-electron chi connectivity index (χ4n) is 3.50. The third-order valence-corrected chi connectivity index (χ3v) is 4.97. The molecule has 0 spiro atoms. The molecule has 7 nitrogen and oxygen atoms in total. The zero-order chi connectivity index (χ0) is 18.7. The van der Waals surface area contributed by atoms with E-state index in [-0.39, 0.29) is 12.1 Å². The van der Waals surface area contributed by atoms with Gasteiger partial charge in [-0.2, -0.15) is 0 Å². The first-order valence-electron chi connectivity index (χ1n) is 8.95. The van der Waals surface area contributed by atoms with Crippen LogP contribution in [0, 0.1) is 0 Å². The fraction of sp³-hybridized carbons (Fsp3) is 0.474. The van der Waals surface area contributed by atoms with Crippen LogP contribution in [0.4, 0.5) is 10.5 Å². The van der Waals surface area contributed by atoms with E-state index in [1.165, 1.54) is 7.11 Å². The largest absolute Gasteiger partial charge is 0.466 e. The molecule has 0 aromatic heterocycles. The molecule has 7 heteroatoms. The lowest BCUT2D eigenvalue weighted by molar-refractivity contribution is -0.136. The molecule has 0 aliphatic carbocycles. The number of esters is 1. The highest BCUT2D eigenvalue weighted by Gasteiger charge is 2.32. The minimum atomic E-state index is -0.539. The Labute approximate surface area is 153 Å². The van der Waals surface area contributed by atoms with Crippen LogP contribution in [0.5, 0.6) is 0 Å². The fourth-order valence-corrected chi connectivity index (χ4v) is 3.50. The number of hydrogen-bond donors (Lipinski definition) is 3. The van der Waals surface area contributed by atoms with Crippen molar-refractivity contribution in [2.24, 2.45) is 0 Å². The van der Waals surface area contributed by atoms with Crippen molar-refractivity contribution in [3.63, 3.8) is 0 Å². The summed E-state index contributed by atoms with van der Waals surface area (Å²) in [5.41, 5.74) is 2.91. The van der Waals surface area contributed by atoms with Crippen LogP contribution < -0.4 is 15.5 Å². The Balaban J connectivity index is 1.86. The number of carbonyl (C=O) groups excluding carboxylic acids is 2. The number of aliphatic hydroxyl groups excluding tert-OH is 1. The molecule has 0 bridgehead atoms. The van der Waals surface area contributed by atoms with Gasteiger partial charge in [0.05, 0.1) is 24.8 Å². The smallest absolute Gasteiger partial charge is 0.337 e. The van der Waals surface area contributed by atoms with Gasteiger partial charge in [-0.25, -0.2) is 9.59 Å². The van der Waals surface area contributed by atoms with Crippen LogP contribution >= 0.6 is 0 Å². The molecular weight excluding hydrogens is 334 g/mol. The summed E-state index contributed by atoms with van der Waals surface area (Å²) in [4.78, 5) is 26.5. The van der Waals surface area contributed by atoms with Crippen molar-refractivity contribution >= 4 is 17.7 Å². The molecular formula is C19H25N3O4. The van der Waals surface area contributed by atoms with Gasteiger partial charge in [-0.1, -0.05) is 19.1 Å². The zero-order valence-electron chi connectivity index (χ0n) is 15.1. The molecule has 1 aromatic rings. The van der Waals surface area contributed by atoms with Crippen molar-refractivity contribution in [2.75, 3.05) is 25.1 Å². The SMILES string of the molecule is CCC1=C(C(=O)OC)C(c2ccc(N3CCC(O)CC3)cc2)NC(=O)N1. The summed E-state index contributed by atoms with van der Waals surface area (Å²) in [6.07, 6.45) is 1.85. The summed E-state index contributed by atoms with van der Waals surface area (Å²) in [7, 11) is 1.34. The highest BCUT2D eigenvalue weighted by atomic mass is 16.5. The third kappa shape index (κ3) is 3.67. The minimum absolute atomic E-state index is 0.212. The van der Waals surface area contributed by atoms with Gasteiger partial charge in [-0.15, -0.1) is 0 Å². The number of methoxy groups -OCH3 is 1. The third-order valence-electron chi connectivity index (χ3n) is 4.97. The lowest BCUT2D eigenvalue weighted by Crippen LogP contribution is -2.45. The van der Waals surface area contributed by atoms with Crippen molar-refractivity contribution in [2.45, 2.75) is 38.3 Å². The average Bonchev–Trinajstić information content (AvgIpc) is 2.67. The number of allylic oxidation sites excluding steroid dienone is 1. The maximum atomic E-state index is 12.3. The summed E-state index contributed by atoms with van der Waals surface area (Å²) in [6.45, 7) is 3.52. The number of urea groups is 1. The monoisotopic (exact) mass is 359 g/mol. The van der Waals surface area contributed by atoms with E-state index in [4.69, 9.17) is 4.74 Å². The standard InChI is InChI=1S/C19H25N3O4/c1-3-15-16(18(24)26-2)17(21-19(25)20-15)12-4-6-13(7-5-12)22-10-8-14(23)9-11-22/h4-7,14,17,23H,3,8-11H2,1-2H3,(H2,20,21,25). The van der Waals surface area contributed by atoms with Crippen LogP contribution in [0.2, 0.25) is 0 Å². The van der Waals surface area contributed by atoms with Gasteiger partial charge < -0.3 is 25.4 Å². The van der Waals surface area contributed by atoms with Gasteiger partial charge in [0.1, 0.15) is 0 Å². The Morgan fingerprint density at radius 1 is 1.27 bits per heavy atom. The summed E-state index contributed by atoms with van der Waals surface area (Å²) in [6, 6.07) is 6.96. The molecule has 3 rings (SSSR count). The molecule has 2 amide bonds. The van der Waals surface area contributed by atoms with Crippen molar-refractivity contribution < 1.29 is 19.4 Å². The summed E-state index contributed by atoms with van der Waals surface area (Å²) in [5, 5.41) is 15.2. The number of benzene rings is 1. The van der Waals surface area contributed by atoms with Gasteiger partial charge >= 0.3 is 12.0 Å². The van der Waals surface area contributed by atoms with E-state index in [1.807, 2.05) is 31.2 Å². The number of nitrogens with one attached hydrogen (secondary N) is 2. The predicted molar refractivity (Wildman–Crippen MR) is 97.6 cm³/mol. The van der Waals surface area contributed by atoms with Gasteiger partial charge in [0.25, 0.3) is 0 Å². The van der Waals surface area contributed by atoms with Crippen LogP contribution in [0.15, 0.2) is 35.5 Å². The lowest BCUT2D eigenvalue weighted by atomic mass is 9.94. The van der Waals surface area contributed by atoms with Gasteiger partial charge in [-0.3, -0.25) is 0 Å². The van der Waals surface area contributed by atoms with E-state index >= 15 is 0 Å². The number of aliphatic hydroxyl groups is 1. The molecule has 2 aliphatic rings. The molecule has 26 heavy (non-hydrogen) atoms. The second-order valence-corrected chi connectivity index (χ2v) is 6.58. The van der Waals surface area contributed by atoms with Crippen LogP contribution in [0.3, 0.4) is 0 Å². The molecule has 3 N–H and O–H groups in total.